The van der Waals surface area contributed by atoms with Gasteiger partial charge in [0.2, 0.25) is 0 Å². The maximum absolute atomic E-state index is 12.1. The largest absolute Gasteiger partial charge is 0.400 e. The number of benzene rings is 2. The molecule has 2 saturated carbocycles. The maximum Gasteiger partial charge on any atom is 0.169 e. The number of aliphatic hydroxyl groups is 1. The number of Topliss-reactive ketones (excluding diaryl/α,β-unsaturated/α-hetero) is 2. The second-order valence-corrected chi connectivity index (χ2v) is 11.6. The molecule has 0 aromatic heterocycles. The Morgan fingerprint density at radius 1 is 0.730 bits per heavy atom. The molecular weight excluding hydrogens is 460 g/mol. The summed E-state index contributed by atoms with van der Waals surface area (Å²) < 4.78 is 0.989. The van der Waals surface area contributed by atoms with Crippen LogP contribution in [0.3, 0.4) is 0 Å². The standard InChI is InChI=1S/C16H22NO.C15H19NO.CH4O/c1-17(2,12-7-3-4-8-12)15-11-16(18)14-10-6-5-9-13(14)15;1-16(11-6-2-3-7-11)14-10-15(17)13-9-5-4-8-12(13)14;1-2/h5-6,9-10,12,15H,3-4,7-8,11H2,1-2H3;4-5,8-9,11,14H,2-3,6-7,10H2,1H3;2H,1H3/q+1;;. The first kappa shape index (κ1) is 27.7. The molecule has 2 aromatic rings. The lowest BCUT2D eigenvalue weighted by atomic mass is 10.0. The summed E-state index contributed by atoms with van der Waals surface area (Å²) in [5, 5.41) is 7.00. The van der Waals surface area contributed by atoms with E-state index in [0.29, 0.717) is 42.5 Å². The van der Waals surface area contributed by atoms with Gasteiger partial charge in [0.15, 0.2) is 11.6 Å². The van der Waals surface area contributed by atoms with E-state index in [2.05, 4.69) is 44.2 Å². The summed E-state index contributed by atoms with van der Waals surface area (Å²) in [5.74, 6) is 0.648. The highest BCUT2D eigenvalue weighted by Crippen LogP contribution is 2.43. The maximum atomic E-state index is 12.1. The van der Waals surface area contributed by atoms with Crippen LogP contribution in [0.1, 0.15) is 108 Å². The minimum absolute atomic E-state index is 0.315. The molecule has 2 aromatic carbocycles. The van der Waals surface area contributed by atoms with E-state index in [0.717, 1.165) is 28.8 Å². The molecule has 2 atom stereocenters. The first-order chi connectivity index (χ1) is 17.9. The van der Waals surface area contributed by atoms with Crippen molar-refractivity contribution in [3.63, 3.8) is 0 Å². The van der Waals surface area contributed by atoms with Crippen LogP contribution in [0.5, 0.6) is 0 Å². The number of nitrogens with zero attached hydrogens (tertiary/aromatic N) is 2. The van der Waals surface area contributed by atoms with Gasteiger partial charge >= 0.3 is 0 Å². The van der Waals surface area contributed by atoms with Gasteiger partial charge in [-0.1, -0.05) is 61.4 Å². The molecule has 1 N–H and O–H groups in total. The third-order valence-corrected chi connectivity index (χ3v) is 9.46. The number of carbonyl (C=O) groups is 2. The SMILES string of the molecule is CN(C1CCCC1)C1CC(=O)c2ccccc21.CO.C[N+](C)(C1CCCC1)C1CC(=O)c2ccccc21. The molecule has 6 rings (SSSR count). The second-order valence-electron chi connectivity index (χ2n) is 11.6. The van der Waals surface area contributed by atoms with Crippen LogP contribution in [0.2, 0.25) is 0 Å². The van der Waals surface area contributed by atoms with Crippen LogP contribution in [-0.4, -0.2) is 66.4 Å². The normalized spacial score (nSPS) is 23.4. The summed E-state index contributed by atoms with van der Waals surface area (Å²) in [5.41, 5.74) is 4.43. The van der Waals surface area contributed by atoms with Gasteiger partial charge in [0.25, 0.3) is 0 Å². The second kappa shape index (κ2) is 12.0. The summed E-state index contributed by atoms with van der Waals surface area (Å²) in [6.07, 6.45) is 12.0. The molecule has 200 valence electrons. The van der Waals surface area contributed by atoms with Crippen molar-refractivity contribution >= 4 is 11.6 Å². The number of fused-ring (bicyclic) bond motifs is 2. The lowest BCUT2D eigenvalue weighted by Crippen LogP contribution is -2.49. The summed E-state index contributed by atoms with van der Waals surface area (Å²) >= 11 is 0. The Balaban J connectivity index is 0.000000162. The van der Waals surface area contributed by atoms with Crippen molar-refractivity contribution in [1.82, 2.24) is 4.90 Å². The molecule has 2 fully saturated rings. The molecular formula is C32H45N2O3+. The van der Waals surface area contributed by atoms with Gasteiger partial charge in [-0.05, 0) is 51.1 Å². The lowest BCUT2D eigenvalue weighted by molar-refractivity contribution is -0.943. The van der Waals surface area contributed by atoms with E-state index in [-0.39, 0.29) is 0 Å². The van der Waals surface area contributed by atoms with Crippen molar-refractivity contribution in [2.24, 2.45) is 0 Å². The number of hydrogen-bond donors (Lipinski definition) is 1. The average molecular weight is 506 g/mol. The summed E-state index contributed by atoms with van der Waals surface area (Å²) in [6, 6.07) is 18.4. The summed E-state index contributed by atoms with van der Waals surface area (Å²) in [4.78, 5) is 26.5. The highest BCUT2D eigenvalue weighted by molar-refractivity contribution is 6.01. The molecule has 0 amide bonds. The van der Waals surface area contributed by atoms with Gasteiger partial charge in [-0.25, -0.2) is 0 Å². The molecule has 0 radical (unpaired) electrons. The Labute approximate surface area is 223 Å². The van der Waals surface area contributed by atoms with Gasteiger partial charge in [0.1, 0.15) is 6.04 Å². The zero-order valence-corrected chi connectivity index (χ0v) is 23.2. The van der Waals surface area contributed by atoms with Crippen LogP contribution in [0.25, 0.3) is 0 Å². The zero-order chi connectivity index (χ0) is 26.6. The third kappa shape index (κ3) is 5.59. The quantitative estimate of drug-likeness (QED) is 0.508. The lowest BCUT2D eigenvalue weighted by Gasteiger charge is -2.41. The fourth-order valence-corrected chi connectivity index (χ4v) is 7.22. The van der Waals surface area contributed by atoms with Gasteiger partial charge < -0.3 is 9.59 Å². The number of quaternary nitrogens is 1. The van der Waals surface area contributed by atoms with Crippen LogP contribution >= 0.6 is 0 Å². The Bertz CT molecular complexity index is 1080. The van der Waals surface area contributed by atoms with Gasteiger partial charge in [-0.2, -0.15) is 0 Å². The number of carbonyl (C=O) groups excluding carboxylic acids is 2. The van der Waals surface area contributed by atoms with Crippen LogP contribution in [0.4, 0.5) is 0 Å². The highest BCUT2D eigenvalue weighted by atomic mass is 16.2. The predicted molar refractivity (Wildman–Crippen MR) is 149 cm³/mol. The van der Waals surface area contributed by atoms with E-state index in [1.165, 1.54) is 62.5 Å². The Kier molecular flexibility index (Phi) is 8.99. The molecule has 4 aliphatic carbocycles. The fraction of sp³-hybridized carbons (Fsp3) is 0.562. The van der Waals surface area contributed by atoms with Crippen molar-refractivity contribution < 1.29 is 19.2 Å². The van der Waals surface area contributed by atoms with Crippen molar-refractivity contribution in [3.8, 4) is 0 Å². The van der Waals surface area contributed by atoms with Crippen LogP contribution in [0.15, 0.2) is 48.5 Å². The number of hydrogen-bond acceptors (Lipinski definition) is 4. The van der Waals surface area contributed by atoms with Crippen LogP contribution in [0, 0.1) is 0 Å². The molecule has 0 saturated heterocycles. The molecule has 0 bridgehead atoms. The van der Waals surface area contributed by atoms with E-state index in [4.69, 9.17) is 5.11 Å². The average Bonchev–Trinajstić information content (AvgIpc) is 3.73. The van der Waals surface area contributed by atoms with Gasteiger partial charge in [-0.3, -0.25) is 14.5 Å². The molecule has 2 unspecified atom stereocenters. The minimum atomic E-state index is 0.315. The Morgan fingerprint density at radius 3 is 1.84 bits per heavy atom. The molecule has 0 spiro atoms. The first-order valence-electron chi connectivity index (χ1n) is 14.1. The van der Waals surface area contributed by atoms with E-state index >= 15 is 0 Å². The van der Waals surface area contributed by atoms with Crippen LogP contribution in [-0.2, 0) is 0 Å². The topological polar surface area (TPSA) is 57.6 Å². The van der Waals surface area contributed by atoms with E-state index in [1.54, 1.807) is 0 Å². The van der Waals surface area contributed by atoms with E-state index < -0.39 is 0 Å². The first-order valence-corrected chi connectivity index (χ1v) is 14.1. The van der Waals surface area contributed by atoms with Crippen molar-refractivity contribution in [2.45, 2.75) is 88.4 Å². The smallest absolute Gasteiger partial charge is 0.169 e. The summed E-state index contributed by atoms with van der Waals surface area (Å²) in [6.45, 7) is 0. The van der Waals surface area contributed by atoms with Gasteiger partial charge in [0, 0.05) is 42.3 Å². The Morgan fingerprint density at radius 2 is 1.22 bits per heavy atom. The van der Waals surface area contributed by atoms with E-state index in [9.17, 15) is 9.59 Å². The van der Waals surface area contributed by atoms with Crippen molar-refractivity contribution in [1.29, 1.82) is 0 Å². The third-order valence-electron chi connectivity index (χ3n) is 9.46. The molecule has 37 heavy (non-hydrogen) atoms. The number of aliphatic hydroxyl groups excluding tert-OH is 1. The van der Waals surface area contributed by atoms with Crippen LogP contribution < -0.4 is 0 Å². The van der Waals surface area contributed by atoms with Crippen molar-refractivity contribution in [3.05, 3.63) is 70.8 Å². The van der Waals surface area contributed by atoms with Gasteiger partial charge in [-0.15, -0.1) is 0 Å². The minimum Gasteiger partial charge on any atom is -0.400 e. The highest BCUT2D eigenvalue weighted by Gasteiger charge is 2.44. The van der Waals surface area contributed by atoms with E-state index in [1.807, 2.05) is 30.3 Å². The zero-order valence-electron chi connectivity index (χ0n) is 23.2. The van der Waals surface area contributed by atoms with Gasteiger partial charge in [0.05, 0.1) is 26.6 Å². The Hall–Kier alpha value is -2.34. The summed E-state index contributed by atoms with van der Waals surface area (Å²) in [7, 11) is 7.82. The van der Waals surface area contributed by atoms with Crippen molar-refractivity contribution in [2.75, 3.05) is 28.3 Å². The molecule has 4 aliphatic rings. The molecule has 0 aliphatic heterocycles. The molecule has 5 nitrogen and oxygen atoms in total. The molecule has 5 heteroatoms. The predicted octanol–water partition coefficient (Wildman–Crippen LogP) is 6.13. The fourth-order valence-electron chi connectivity index (χ4n) is 7.22. The monoisotopic (exact) mass is 505 g/mol. The molecule has 0 heterocycles. The number of ketones is 2. The number of rotatable bonds is 4.